The molecule has 9 heteroatoms. The number of para-hydroxylation sites is 1. The molecule has 0 saturated carbocycles. The Kier molecular flexibility index (Phi) is 7.22. The summed E-state index contributed by atoms with van der Waals surface area (Å²) in [6.07, 6.45) is 0.695. The molecule has 0 aliphatic rings. The van der Waals surface area contributed by atoms with Gasteiger partial charge in [-0.05, 0) is 62.3 Å². The van der Waals surface area contributed by atoms with Gasteiger partial charge in [0.25, 0.3) is 5.56 Å². The lowest BCUT2D eigenvalue weighted by Crippen LogP contribution is -2.33. The second-order valence-corrected chi connectivity index (χ2v) is 8.89. The van der Waals surface area contributed by atoms with Gasteiger partial charge in [0.05, 0.1) is 29.2 Å². The van der Waals surface area contributed by atoms with E-state index in [2.05, 4.69) is 24.8 Å². The highest BCUT2D eigenvalue weighted by Gasteiger charge is 2.18. The van der Waals surface area contributed by atoms with Gasteiger partial charge in [0.15, 0.2) is 0 Å². The molecule has 0 N–H and O–H groups in total. The molecule has 0 fully saturated rings. The topological polar surface area (TPSA) is 80.5 Å². The molecule has 0 atom stereocenters. The summed E-state index contributed by atoms with van der Waals surface area (Å²) in [5, 5.41) is 14.5. The van der Waals surface area contributed by atoms with E-state index in [9.17, 15) is 4.79 Å². The largest absolute Gasteiger partial charge is 0.385 e. The lowest BCUT2D eigenvalue weighted by atomic mass is 10.1. The molecule has 0 radical (unpaired) electrons. The third-order valence-corrected chi connectivity index (χ3v) is 6.32. The normalized spacial score (nSPS) is 11.6. The van der Waals surface area contributed by atoms with Crippen molar-refractivity contribution >= 4 is 28.9 Å². The molecule has 0 unspecified atom stereocenters. The third kappa shape index (κ3) is 4.66. The quantitative estimate of drug-likeness (QED) is 0.269. The number of rotatable bonds is 9. The van der Waals surface area contributed by atoms with Gasteiger partial charge in [-0.15, -0.1) is 5.10 Å². The minimum atomic E-state index is -0.0790. The lowest BCUT2D eigenvalue weighted by Gasteiger charge is -2.26. The first-order valence-electron chi connectivity index (χ1n) is 11.3. The van der Waals surface area contributed by atoms with Crippen LogP contribution in [0.25, 0.3) is 16.7 Å². The molecule has 0 spiro atoms. The minimum Gasteiger partial charge on any atom is -0.385 e. The Balaban J connectivity index is 1.77. The highest BCUT2D eigenvalue weighted by Crippen LogP contribution is 2.16. The van der Waals surface area contributed by atoms with Gasteiger partial charge in [-0.1, -0.05) is 24.3 Å². The molecule has 2 heterocycles. The van der Waals surface area contributed by atoms with Crippen LogP contribution in [0.15, 0.2) is 53.3 Å². The maximum Gasteiger partial charge on any atom is 0.262 e. The number of nitrogens with zero attached hydrogens (tertiary/aromatic N) is 6. The van der Waals surface area contributed by atoms with Crippen LogP contribution < -0.4 is 5.56 Å². The molecular formula is C25H28N6O2S. The van der Waals surface area contributed by atoms with Crippen LogP contribution in [-0.4, -0.2) is 43.4 Å². The Bertz CT molecular complexity index is 1460. The third-order valence-electron chi connectivity index (χ3n) is 5.93. The zero-order chi connectivity index (χ0) is 24.2. The Morgan fingerprint density at radius 2 is 1.91 bits per heavy atom. The van der Waals surface area contributed by atoms with Crippen molar-refractivity contribution in [1.82, 2.24) is 23.6 Å². The van der Waals surface area contributed by atoms with Crippen molar-refractivity contribution in [2.45, 2.75) is 46.1 Å². The molecular weight excluding hydrogens is 448 g/mol. The maximum absolute atomic E-state index is 13.3. The van der Waals surface area contributed by atoms with Gasteiger partial charge in [-0.3, -0.25) is 18.7 Å². The number of nitriles is 1. The summed E-state index contributed by atoms with van der Waals surface area (Å²) in [4.78, 5) is 15.5. The number of fused-ring (bicyclic) bond motifs is 3. The Morgan fingerprint density at radius 3 is 2.59 bits per heavy atom. The van der Waals surface area contributed by atoms with Crippen LogP contribution in [0.2, 0.25) is 0 Å². The lowest BCUT2D eigenvalue weighted by molar-refractivity contribution is 0.153. The smallest absolute Gasteiger partial charge is 0.262 e. The number of hydrogen-bond acceptors (Lipinski definition) is 6. The molecule has 0 aliphatic carbocycles. The van der Waals surface area contributed by atoms with Gasteiger partial charge < -0.3 is 4.74 Å². The first-order valence-corrected chi connectivity index (χ1v) is 11.7. The average molecular weight is 477 g/mol. The summed E-state index contributed by atoms with van der Waals surface area (Å²) in [7, 11) is 1.65. The van der Waals surface area contributed by atoms with Gasteiger partial charge in [-0.2, -0.15) is 5.26 Å². The zero-order valence-corrected chi connectivity index (χ0v) is 20.5. The van der Waals surface area contributed by atoms with Crippen molar-refractivity contribution in [2.75, 3.05) is 13.7 Å². The number of aryl methyl sites for hydroxylation is 1. The number of aromatic nitrogens is 4. The number of methoxy groups -OCH3 is 1. The van der Waals surface area contributed by atoms with E-state index in [0.717, 1.165) is 11.1 Å². The summed E-state index contributed by atoms with van der Waals surface area (Å²) in [6.45, 7) is 6.45. The van der Waals surface area contributed by atoms with E-state index in [-0.39, 0.29) is 11.6 Å². The standard InChI is InChI=1S/C25H28N6O2S/c1-18(2)28(16-20-11-9-19(15-26)10-12-20)17-30-25(34)31-22-8-5-4-7-21(22)23(32)29(24(31)27-30)13-6-14-33-3/h4-5,7-12,18H,6,13-14,16-17H2,1-3H3. The summed E-state index contributed by atoms with van der Waals surface area (Å²) < 4.78 is 11.1. The molecule has 4 aromatic rings. The molecule has 0 bridgehead atoms. The molecule has 0 saturated heterocycles. The molecule has 176 valence electrons. The van der Waals surface area contributed by atoms with Crippen molar-refractivity contribution in [2.24, 2.45) is 0 Å². The van der Waals surface area contributed by atoms with Crippen LogP contribution in [0.1, 0.15) is 31.4 Å². The van der Waals surface area contributed by atoms with Crippen LogP contribution in [0.5, 0.6) is 0 Å². The second-order valence-electron chi connectivity index (χ2n) is 8.53. The number of hydrogen-bond donors (Lipinski definition) is 0. The Labute approximate surface area is 203 Å². The zero-order valence-electron chi connectivity index (χ0n) is 19.6. The monoisotopic (exact) mass is 476 g/mol. The van der Waals surface area contributed by atoms with Crippen molar-refractivity contribution < 1.29 is 4.74 Å². The van der Waals surface area contributed by atoms with Crippen LogP contribution in [0.4, 0.5) is 0 Å². The molecule has 8 nitrogen and oxygen atoms in total. The highest BCUT2D eigenvalue weighted by molar-refractivity contribution is 7.71. The minimum absolute atomic E-state index is 0.0790. The average Bonchev–Trinajstić information content (AvgIpc) is 3.17. The number of benzene rings is 2. The van der Waals surface area contributed by atoms with Crippen LogP contribution in [0.3, 0.4) is 0 Å². The van der Waals surface area contributed by atoms with Crippen LogP contribution >= 0.6 is 12.2 Å². The SMILES string of the molecule is COCCCn1c(=O)c2ccccc2n2c(=S)n(CN(Cc3ccc(C#N)cc3)C(C)C)nc12. The predicted molar refractivity (Wildman–Crippen MR) is 134 cm³/mol. The van der Waals surface area contributed by atoms with Crippen molar-refractivity contribution in [3.63, 3.8) is 0 Å². The van der Waals surface area contributed by atoms with E-state index in [4.69, 9.17) is 27.3 Å². The van der Waals surface area contributed by atoms with E-state index in [1.165, 1.54) is 0 Å². The predicted octanol–water partition coefficient (Wildman–Crippen LogP) is 3.96. The van der Waals surface area contributed by atoms with Crippen molar-refractivity contribution in [3.8, 4) is 6.07 Å². The Morgan fingerprint density at radius 1 is 1.18 bits per heavy atom. The fourth-order valence-corrected chi connectivity index (χ4v) is 4.29. The van der Waals surface area contributed by atoms with Gasteiger partial charge in [0.1, 0.15) is 0 Å². The van der Waals surface area contributed by atoms with E-state index < -0.39 is 0 Å². The summed E-state index contributed by atoms with van der Waals surface area (Å²) in [6, 6.07) is 17.5. The summed E-state index contributed by atoms with van der Waals surface area (Å²) in [5.74, 6) is 0.534. The first-order chi connectivity index (χ1) is 16.4. The molecule has 0 aliphatic heterocycles. The van der Waals surface area contributed by atoms with Crippen molar-refractivity contribution in [1.29, 1.82) is 5.26 Å². The van der Waals surface area contributed by atoms with Gasteiger partial charge in [0, 0.05) is 32.8 Å². The molecule has 2 aromatic heterocycles. The second kappa shape index (κ2) is 10.3. The van der Waals surface area contributed by atoms with Crippen LogP contribution in [-0.2, 0) is 24.5 Å². The Hall–Kier alpha value is -3.32. The van der Waals surface area contributed by atoms with Gasteiger partial charge in [-0.25, -0.2) is 4.68 Å². The maximum atomic E-state index is 13.3. The van der Waals surface area contributed by atoms with E-state index in [1.807, 2.05) is 52.9 Å². The highest BCUT2D eigenvalue weighted by atomic mass is 32.1. The molecule has 0 amide bonds. The first kappa shape index (κ1) is 23.8. The van der Waals surface area contributed by atoms with Gasteiger partial charge >= 0.3 is 0 Å². The number of ether oxygens (including phenoxy) is 1. The molecule has 4 rings (SSSR count). The van der Waals surface area contributed by atoms with Crippen molar-refractivity contribution in [3.05, 3.63) is 74.8 Å². The fourth-order valence-electron chi connectivity index (χ4n) is 4.02. The van der Waals surface area contributed by atoms with E-state index >= 15 is 0 Å². The molecule has 34 heavy (non-hydrogen) atoms. The van der Waals surface area contributed by atoms with Crippen LogP contribution in [0, 0.1) is 16.1 Å². The van der Waals surface area contributed by atoms with E-state index in [0.29, 0.717) is 54.3 Å². The molecule has 2 aromatic carbocycles. The van der Waals surface area contributed by atoms with Gasteiger partial charge in [0.2, 0.25) is 10.5 Å². The summed E-state index contributed by atoms with van der Waals surface area (Å²) >= 11 is 5.86. The van der Waals surface area contributed by atoms with E-state index in [1.54, 1.807) is 16.4 Å². The fraction of sp³-hybridized carbons (Fsp3) is 0.360. The summed E-state index contributed by atoms with van der Waals surface area (Å²) in [5.41, 5.74) is 2.42.